The molecule has 0 aliphatic carbocycles. The van der Waals surface area contributed by atoms with Crippen LogP contribution in [0.4, 0.5) is 4.39 Å². The van der Waals surface area contributed by atoms with E-state index in [-0.39, 0.29) is 30.5 Å². The monoisotopic (exact) mass is 536 g/mol. The fourth-order valence-electron chi connectivity index (χ4n) is 4.97. The van der Waals surface area contributed by atoms with E-state index in [1.807, 2.05) is 6.07 Å². The Labute approximate surface area is 224 Å². The summed E-state index contributed by atoms with van der Waals surface area (Å²) in [5, 5.41) is 3.24. The summed E-state index contributed by atoms with van der Waals surface area (Å²) in [6, 6.07) is 14.8. The molecule has 2 aliphatic rings. The summed E-state index contributed by atoms with van der Waals surface area (Å²) >= 11 is 6.23. The van der Waals surface area contributed by atoms with Gasteiger partial charge >= 0.3 is 0 Å². The molecule has 2 saturated heterocycles. The van der Waals surface area contributed by atoms with Crippen LogP contribution in [0.1, 0.15) is 39.1 Å². The minimum absolute atomic E-state index is 0.00423. The van der Waals surface area contributed by atoms with Crippen molar-refractivity contribution in [3.05, 3.63) is 101 Å². The number of halogens is 2. The molecule has 2 aliphatic heterocycles. The predicted molar refractivity (Wildman–Crippen MR) is 138 cm³/mol. The molecule has 0 saturated carbocycles. The molecular weight excluding hydrogens is 511 g/mol. The van der Waals surface area contributed by atoms with Gasteiger partial charge in [0.15, 0.2) is 0 Å². The molecule has 1 N–H and O–H groups in total. The molecule has 1 unspecified atom stereocenters. The van der Waals surface area contributed by atoms with Crippen LogP contribution in [-0.2, 0) is 16.1 Å². The van der Waals surface area contributed by atoms with Crippen molar-refractivity contribution in [2.45, 2.75) is 31.2 Å². The van der Waals surface area contributed by atoms with Crippen molar-refractivity contribution in [3.63, 3.8) is 0 Å². The fourth-order valence-corrected chi connectivity index (χ4v) is 5.19. The lowest BCUT2D eigenvalue weighted by atomic mass is 9.96. The Hall–Kier alpha value is -3.82. The molecule has 10 heteroatoms. The number of ether oxygens (including phenoxy) is 1. The van der Waals surface area contributed by atoms with E-state index in [9.17, 15) is 18.8 Å². The lowest BCUT2D eigenvalue weighted by molar-refractivity contribution is -0.128. The largest absolute Gasteiger partial charge is 0.353 e. The molecule has 2 fully saturated rings. The predicted octanol–water partition coefficient (Wildman–Crippen LogP) is 3.66. The third kappa shape index (κ3) is 5.12. The SMILES string of the molecule is O=C(NCc1cccnc1)C1COC2(CCN(C(=O)c3ccccc3Cl)CC2)N1C(=O)c1ccc(F)cc1. The van der Waals surface area contributed by atoms with Gasteiger partial charge in [-0.3, -0.25) is 24.3 Å². The van der Waals surface area contributed by atoms with E-state index in [1.54, 1.807) is 47.6 Å². The number of likely N-dealkylation sites (tertiary alicyclic amines) is 1. The summed E-state index contributed by atoms with van der Waals surface area (Å²) in [6.07, 6.45) is 3.91. The molecular formula is C28H26ClFN4O4. The molecule has 3 amide bonds. The van der Waals surface area contributed by atoms with Crippen LogP contribution in [0.25, 0.3) is 0 Å². The van der Waals surface area contributed by atoms with Gasteiger partial charge < -0.3 is 15.0 Å². The second-order valence-electron chi connectivity index (χ2n) is 9.31. The number of piperidine rings is 1. The molecule has 1 atom stereocenters. The number of nitrogens with zero attached hydrogens (tertiary/aromatic N) is 3. The number of carbonyl (C=O) groups is 3. The topological polar surface area (TPSA) is 91.8 Å². The molecule has 5 rings (SSSR count). The van der Waals surface area contributed by atoms with Crippen molar-refractivity contribution in [1.82, 2.24) is 20.1 Å². The molecule has 8 nitrogen and oxygen atoms in total. The summed E-state index contributed by atoms with van der Waals surface area (Å²) in [7, 11) is 0. The van der Waals surface area contributed by atoms with E-state index >= 15 is 0 Å². The first-order valence-electron chi connectivity index (χ1n) is 12.3. The van der Waals surface area contributed by atoms with E-state index in [1.165, 1.54) is 29.2 Å². The summed E-state index contributed by atoms with van der Waals surface area (Å²) in [5.41, 5.74) is 0.386. The maximum Gasteiger partial charge on any atom is 0.256 e. The smallest absolute Gasteiger partial charge is 0.256 e. The lowest BCUT2D eigenvalue weighted by Crippen LogP contribution is -2.59. The van der Waals surface area contributed by atoms with Crippen LogP contribution in [0.5, 0.6) is 0 Å². The first kappa shape index (κ1) is 25.8. The third-order valence-corrected chi connectivity index (χ3v) is 7.33. The van der Waals surface area contributed by atoms with E-state index in [2.05, 4.69) is 10.3 Å². The van der Waals surface area contributed by atoms with Gasteiger partial charge in [-0.05, 0) is 48.0 Å². The van der Waals surface area contributed by atoms with Gasteiger partial charge in [0.25, 0.3) is 11.8 Å². The average Bonchev–Trinajstić information content (AvgIpc) is 3.31. The molecule has 0 radical (unpaired) electrons. The molecule has 196 valence electrons. The molecule has 1 spiro atoms. The van der Waals surface area contributed by atoms with Crippen LogP contribution in [0.3, 0.4) is 0 Å². The number of carbonyl (C=O) groups excluding carboxylic acids is 3. The zero-order valence-electron chi connectivity index (χ0n) is 20.5. The highest BCUT2D eigenvalue weighted by atomic mass is 35.5. The standard InChI is InChI=1S/C28H26ClFN4O4/c29-23-6-2-1-5-22(23)27(37)33-14-11-28(12-15-33)34(26(36)20-7-9-21(30)10-8-20)24(18-38-28)25(35)32-17-19-4-3-13-31-16-19/h1-10,13,16,24H,11-12,14-15,17-18H2,(H,32,35). The van der Waals surface area contributed by atoms with Gasteiger partial charge in [-0.1, -0.05) is 29.8 Å². The Kier molecular flexibility index (Phi) is 7.40. The van der Waals surface area contributed by atoms with Gasteiger partial charge in [0.05, 0.1) is 17.2 Å². The molecule has 3 heterocycles. The molecule has 1 aromatic heterocycles. The Morgan fingerprint density at radius 3 is 2.45 bits per heavy atom. The Bertz CT molecular complexity index is 1330. The summed E-state index contributed by atoms with van der Waals surface area (Å²) in [6.45, 7) is 0.863. The van der Waals surface area contributed by atoms with Crippen LogP contribution in [0.15, 0.2) is 73.1 Å². The minimum Gasteiger partial charge on any atom is -0.353 e. The summed E-state index contributed by atoms with van der Waals surface area (Å²) in [5.74, 6) is -1.47. The molecule has 38 heavy (non-hydrogen) atoms. The minimum atomic E-state index is -1.08. The van der Waals surface area contributed by atoms with Crippen LogP contribution in [-0.4, -0.2) is 64.0 Å². The Balaban J connectivity index is 1.37. The first-order valence-corrected chi connectivity index (χ1v) is 12.7. The van der Waals surface area contributed by atoms with Crippen LogP contribution < -0.4 is 5.32 Å². The number of rotatable bonds is 5. The van der Waals surface area contributed by atoms with Crippen LogP contribution in [0, 0.1) is 5.82 Å². The van der Waals surface area contributed by atoms with E-state index in [0.717, 1.165) is 5.56 Å². The van der Waals surface area contributed by atoms with Crippen molar-refractivity contribution < 1.29 is 23.5 Å². The summed E-state index contributed by atoms with van der Waals surface area (Å²) in [4.78, 5) is 47.3. The number of aromatic nitrogens is 1. The lowest BCUT2D eigenvalue weighted by Gasteiger charge is -2.44. The van der Waals surface area contributed by atoms with E-state index in [4.69, 9.17) is 16.3 Å². The van der Waals surface area contributed by atoms with Crippen molar-refractivity contribution in [3.8, 4) is 0 Å². The highest BCUT2D eigenvalue weighted by molar-refractivity contribution is 6.33. The highest BCUT2D eigenvalue weighted by Gasteiger charge is 2.54. The normalized spacial score (nSPS) is 18.4. The average molecular weight is 537 g/mol. The number of hydrogen-bond acceptors (Lipinski definition) is 5. The number of amides is 3. The van der Waals surface area contributed by atoms with E-state index < -0.39 is 23.5 Å². The highest BCUT2D eigenvalue weighted by Crippen LogP contribution is 2.39. The first-order chi connectivity index (χ1) is 18.4. The molecule has 0 bridgehead atoms. The maximum atomic E-state index is 13.7. The quantitative estimate of drug-likeness (QED) is 0.537. The second kappa shape index (κ2) is 10.9. The van der Waals surface area contributed by atoms with Gasteiger partial charge in [0, 0.05) is 50.4 Å². The number of pyridine rings is 1. The van der Waals surface area contributed by atoms with Crippen molar-refractivity contribution >= 4 is 29.3 Å². The van der Waals surface area contributed by atoms with Gasteiger partial charge in [-0.15, -0.1) is 0 Å². The van der Waals surface area contributed by atoms with Gasteiger partial charge in [-0.2, -0.15) is 0 Å². The summed E-state index contributed by atoms with van der Waals surface area (Å²) < 4.78 is 19.8. The number of nitrogens with one attached hydrogen (secondary N) is 1. The second-order valence-corrected chi connectivity index (χ2v) is 9.71. The van der Waals surface area contributed by atoms with Crippen molar-refractivity contribution in [1.29, 1.82) is 0 Å². The van der Waals surface area contributed by atoms with Gasteiger partial charge in [-0.25, -0.2) is 4.39 Å². The molecule has 2 aromatic carbocycles. The zero-order chi connectivity index (χ0) is 26.7. The zero-order valence-corrected chi connectivity index (χ0v) is 21.2. The van der Waals surface area contributed by atoms with Crippen LogP contribution >= 0.6 is 11.6 Å². The maximum absolute atomic E-state index is 13.7. The van der Waals surface area contributed by atoms with Gasteiger partial charge in [0.2, 0.25) is 5.91 Å². The van der Waals surface area contributed by atoms with E-state index in [0.29, 0.717) is 36.5 Å². The van der Waals surface area contributed by atoms with Crippen molar-refractivity contribution in [2.24, 2.45) is 0 Å². The van der Waals surface area contributed by atoms with Crippen LogP contribution in [0.2, 0.25) is 5.02 Å². The Morgan fingerprint density at radius 2 is 1.76 bits per heavy atom. The third-order valence-electron chi connectivity index (χ3n) is 7.00. The van der Waals surface area contributed by atoms with Crippen molar-refractivity contribution in [2.75, 3.05) is 19.7 Å². The number of hydrogen-bond donors (Lipinski definition) is 1. The van der Waals surface area contributed by atoms with Gasteiger partial charge in [0.1, 0.15) is 17.6 Å². The Morgan fingerprint density at radius 1 is 1.03 bits per heavy atom. The molecule has 3 aromatic rings. The number of benzene rings is 2. The fraction of sp³-hybridized carbons (Fsp3) is 0.286.